The van der Waals surface area contributed by atoms with Crippen molar-refractivity contribution in [3.63, 3.8) is 0 Å². The van der Waals surface area contributed by atoms with E-state index in [0.29, 0.717) is 5.30 Å². The molecule has 2 nitrogen and oxygen atoms in total. The van der Waals surface area contributed by atoms with E-state index in [1.165, 1.54) is 0 Å². The van der Waals surface area contributed by atoms with Crippen LogP contribution in [0.4, 0.5) is 5.69 Å². The number of halogens is 1. The zero-order chi connectivity index (χ0) is 11.4. The van der Waals surface area contributed by atoms with Gasteiger partial charge in [-0.15, -0.1) is 0 Å². The summed E-state index contributed by atoms with van der Waals surface area (Å²) in [4.78, 5) is 0. The number of hydrogen-bond acceptors (Lipinski definition) is 1. The number of para-hydroxylation sites is 1. The smallest absolute Gasteiger partial charge is 0.284 e. The Hall–Kier alpha value is -1.24. The number of hydrogen-bond donors (Lipinski definition) is 1. The van der Waals surface area contributed by atoms with Crippen LogP contribution in [0.25, 0.3) is 0 Å². The van der Waals surface area contributed by atoms with Crippen LogP contribution in [-0.4, -0.2) is 0 Å². The van der Waals surface area contributed by atoms with Crippen LogP contribution in [0, 0.1) is 0 Å². The summed E-state index contributed by atoms with van der Waals surface area (Å²) in [5.74, 6) is 0. The van der Waals surface area contributed by atoms with Gasteiger partial charge in [-0.1, -0.05) is 36.4 Å². The highest BCUT2D eigenvalue weighted by molar-refractivity contribution is 7.96. The lowest BCUT2D eigenvalue weighted by Crippen LogP contribution is -2.06. The molecule has 0 amide bonds. The van der Waals surface area contributed by atoms with E-state index in [0.717, 1.165) is 5.69 Å². The van der Waals surface area contributed by atoms with Gasteiger partial charge >= 0.3 is 0 Å². The van der Waals surface area contributed by atoms with Gasteiger partial charge in [0.05, 0.1) is 0 Å². The third-order valence-electron chi connectivity index (χ3n) is 2.13. The Morgan fingerprint density at radius 3 is 1.94 bits per heavy atom. The van der Waals surface area contributed by atoms with Crippen molar-refractivity contribution in [1.82, 2.24) is 0 Å². The molecule has 2 aromatic carbocycles. The van der Waals surface area contributed by atoms with Gasteiger partial charge in [0.2, 0.25) is 0 Å². The molecule has 2 rings (SSSR count). The second-order valence-electron chi connectivity index (χ2n) is 3.35. The lowest BCUT2D eigenvalue weighted by atomic mass is 10.3. The fourth-order valence-electron chi connectivity index (χ4n) is 1.36. The summed E-state index contributed by atoms with van der Waals surface area (Å²) in [6, 6.07) is 18.3. The topological polar surface area (TPSA) is 29.1 Å². The van der Waals surface area contributed by atoms with Crippen LogP contribution in [0.2, 0.25) is 0 Å². The molecule has 0 spiro atoms. The summed E-state index contributed by atoms with van der Waals surface area (Å²) in [6.07, 6.45) is 0. The fourth-order valence-corrected chi connectivity index (χ4v) is 3.16. The molecular formula is C12H11ClNOP. The molecule has 1 unspecified atom stereocenters. The van der Waals surface area contributed by atoms with E-state index in [2.05, 4.69) is 5.09 Å². The largest absolute Gasteiger partial charge is 0.321 e. The van der Waals surface area contributed by atoms with Crippen molar-refractivity contribution in [2.75, 3.05) is 5.09 Å². The first-order valence-electron chi connectivity index (χ1n) is 4.87. The second-order valence-corrected chi connectivity index (χ2v) is 6.58. The van der Waals surface area contributed by atoms with Crippen LogP contribution < -0.4 is 10.4 Å². The van der Waals surface area contributed by atoms with E-state index >= 15 is 0 Å². The van der Waals surface area contributed by atoms with Crippen LogP contribution in [0.1, 0.15) is 0 Å². The van der Waals surface area contributed by atoms with Crippen molar-refractivity contribution in [2.24, 2.45) is 0 Å². The summed E-state index contributed by atoms with van der Waals surface area (Å²) in [7, 11) is 0. The molecule has 0 heterocycles. The van der Waals surface area contributed by atoms with E-state index in [4.69, 9.17) is 11.2 Å². The second kappa shape index (κ2) is 4.73. The highest BCUT2D eigenvalue weighted by Gasteiger charge is 2.20. The molecule has 0 saturated heterocycles. The average Bonchev–Trinajstić information content (AvgIpc) is 2.31. The Morgan fingerprint density at radius 1 is 0.875 bits per heavy atom. The van der Waals surface area contributed by atoms with Crippen molar-refractivity contribution < 1.29 is 4.57 Å². The van der Waals surface area contributed by atoms with Gasteiger partial charge in [-0.25, -0.2) is 0 Å². The minimum absolute atomic E-state index is 0.612. The van der Waals surface area contributed by atoms with E-state index in [1.54, 1.807) is 12.1 Å². The molecule has 0 bridgehead atoms. The summed E-state index contributed by atoms with van der Waals surface area (Å²) in [5.41, 5.74) is 0.754. The Morgan fingerprint density at radius 2 is 1.38 bits per heavy atom. The molecule has 82 valence electrons. The number of rotatable bonds is 3. The molecule has 0 aromatic heterocycles. The standard InChI is InChI=1S/C12H11ClNOP/c13-16(15,12-9-5-2-6-10-12)14-11-7-3-1-4-8-11/h1-10H,(H,14,15). The number of benzene rings is 2. The number of anilines is 1. The van der Waals surface area contributed by atoms with E-state index < -0.39 is 6.65 Å². The minimum atomic E-state index is -3.04. The summed E-state index contributed by atoms with van der Waals surface area (Å²) >= 11 is 6.04. The van der Waals surface area contributed by atoms with Gasteiger partial charge in [-0.05, 0) is 35.5 Å². The molecule has 16 heavy (non-hydrogen) atoms. The maximum absolute atomic E-state index is 12.2. The molecule has 0 radical (unpaired) electrons. The zero-order valence-electron chi connectivity index (χ0n) is 8.51. The third-order valence-corrected chi connectivity index (χ3v) is 4.48. The Kier molecular flexibility index (Phi) is 3.33. The van der Waals surface area contributed by atoms with Crippen molar-refractivity contribution in [3.05, 3.63) is 60.7 Å². The zero-order valence-corrected chi connectivity index (χ0v) is 10.2. The highest BCUT2D eigenvalue weighted by Crippen LogP contribution is 2.49. The first-order valence-corrected chi connectivity index (χ1v) is 7.48. The maximum Gasteiger partial charge on any atom is 0.284 e. The first kappa shape index (κ1) is 11.3. The molecule has 4 heteroatoms. The molecule has 0 saturated carbocycles. The van der Waals surface area contributed by atoms with Crippen LogP contribution >= 0.6 is 17.9 Å². The molecule has 0 aliphatic heterocycles. The monoisotopic (exact) mass is 251 g/mol. The van der Waals surface area contributed by atoms with Crippen molar-refractivity contribution in [1.29, 1.82) is 0 Å². The van der Waals surface area contributed by atoms with E-state index in [1.807, 2.05) is 48.5 Å². The summed E-state index contributed by atoms with van der Waals surface area (Å²) in [6.45, 7) is -3.04. The molecular weight excluding hydrogens is 241 g/mol. The van der Waals surface area contributed by atoms with Gasteiger partial charge in [0.15, 0.2) is 0 Å². The van der Waals surface area contributed by atoms with E-state index in [9.17, 15) is 4.57 Å². The van der Waals surface area contributed by atoms with Crippen LogP contribution in [-0.2, 0) is 4.57 Å². The van der Waals surface area contributed by atoms with Gasteiger partial charge in [-0.2, -0.15) is 0 Å². The van der Waals surface area contributed by atoms with Crippen molar-refractivity contribution in [3.8, 4) is 0 Å². The molecule has 1 N–H and O–H groups in total. The first-order chi connectivity index (χ1) is 7.68. The lowest BCUT2D eigenvalue weighted by Gasteiger charge is -2.13. The van der Waals surface area contributed by atoms with Crippen LogP contribution in [0.3, 0.4) is 0 Å². The van der Waals surface area contributed by atoms with Crippen molar-refractivity contribution in [2.45, 2.75) is 0 Å². The van der Waals surface area contributed by atoms with Gasteiger partial charge in [0, 0.05) is 11.0 Å². The van der Waals surface area contributed by atoms with Crippen molar-refractivity contribution >= 4 is 28.9 Å². The molecule has 0 fully saturated rings. The number of nitrogens with one attached hydrogen (secondary N) is 1. The molecule has 2 aromatic rings. The van der Waals surface area contributed by atoms with Crippen LogP contribution in [0.5, 0.6) is 0 Å². The fraction of sp³-hybridized carbons (Fsp3) is 0. The van der Waals surface area contributed by atoms with Gasteiger partial charge in [0.1, 0.15) is 0 Å². The summed E-state index contributed by atoms with van der Waals surface area (Å²) < 4.78 is 12.2. The minimum Gasteiger partial charge on any atom is -0.321 e. The van der Waals surface area contributed by atoms with Gasteiger partial charge < -0.3 is 5.09 Å². The SMILES string of the molecule is O=P(Cl)(Nc1ccccc1)c1ccccc1. The molecule has 1 atom stereocenters. The Balaban J connectivity index is 2.25. The lowest BCUT2D eigenvalue weighted by molar-refractivity contribution is 0.593. The quantitative estimate of drug-likeness (QED) is 0.840. The average molecular weight is 252 g/mol. The van der Waals surface area contributed by atoms with Gasteiger partial charge in [-0.3, -0.25) is 4.57 Å². The highest BCUT2D eigenvalue weighted by atomic mass is 35.7. The summed E-state index contributed by atoms with van der Waals surface area (Å²) in [5, 5.41) is 3.47. The Bertz CT molecular complexity index is 501. The predicted octanol–water partition coefficient (Wildman–Crippen LogP) is 3.86. The molecule has 0 aliphatic carbocycles. The maximum atomic E-state index is 12.2. The normalized spacial score (nSPS) is 14.1. The Labute approximate surface area is 99.5 Å². The predicted molar refractivity (Wildman–Crippen MR) is 69.6 cm³/mol. The van der Waals surface area contributed by atoms with Gasteiger partial charge in [0.25, 0.3) is 6.65 Å². The van der Waals surface area contributed by atoms with E-state index in [-0.39, 0.29) is 0 Å². The molecule has 0 aliphatic rings. The van der Waals surface area contributed by atoms with Crippen LogP contribution in [0.15, 0.2) is 60.7 Å². The third kappa shape index (κ3) is 2.66.